The molecule has 2 heterocycles. The molecule has 0 saturated carbocycles. The fourth-order valence-corrected chi connectivity index (χ4v) is 4.94. The average molecular weight is 505 g/mol. The van der Waals surface area contributed by atoms with Crippen LogP contribution in [0.3, 0.4) is 0 Å². The van der Waals surface area contributed by atoms with Crippen molar-refractivity contribution < 1.29 is 23.0 Å². The first-order valence-electron chi connectivity index (χ1n) is 11.2. The van der Waals surface area contributed by atoms with E-state index >= 15 is 0 Å². The topological polar surface area (TPSA) is 80.2 Å². The Bertz CT molecular complexity index is 1220. The van der Waals surface area contributed by atoms with Crippen LogP contribution in [0.4, 0.5) is 19.0 Å². The first kappa shape index (κ1) is 25.1. The number of alkyl halides is 3. The van der Waals surface area contributed by atoms with Gasteiger partial charge in [-0.1, -0.05) is 30.8 Å². The number of rotatable bonds is 6. The van der Waals surface area contributed by atoms with Gasteiger partial charge in [0.25, 0.3) is 0 Å². The summed E-state index contributed by atoms with van der Waals surface area (Å²) in [4.78, 5) is 13.1. The maximum Gasteiger partial charge on any atom is 0.418 e. The second kappa shape index (κ2) is 9.93. The van der Waals surface area contributed by atoms with Gasteiger partial charge in [-0.15, -0.1) is 0 Å². The minimum atomic E-state index is -4.54. The lowest BCUT2D eigenvalue weighted by Crippen LogP contribution is -2.27. The van der Waals surface area contributed by atoms with Crippen LogP contribution in [0.2, 0.25) is 0 Å². The molecule has 0 spiro atoms. The number of thioether (sulfide) groups is 1. The van der Waals surface area contributed by atoms with Gasteiger partial charge in [-0.3, -0.25) is 0 Å². The molecule has 3 aromatic rings. The fraction of sp³-hybridized carbons (Fsp3) is 0.400. The van der Waals surface area contributed by atoms with Gasteiger partial charge in [-0.05, 0) is 61.3 Å². The Balaban J connectivity index is 1.70. The second-order valence-corrected chi connectivity index (χ2v) is 9.51. The molecule has 2 aromatic heterocycles. The van der Waals surface area contributed by atoms with E-state index in [2.05, 4.69) is 20.3 Å². The fourth-order valence-electron chi connectivity index (χ4n) is 4.57. The van der Waals surface area contributed by atoms with Crippen molar-refractivity contribution in [3.8, 4) is 11.6 Å². The summed E-state index contributed by atoms with van der Waals surface area (Å²) in [7, 11) is 1.59. The molecule has 2 atom stereocenters. The van der Waals surface area contributed by atoms with Crippen LogP contribution < -0.4 is 10.1 Å². The summed E-state index contributed by atoms with van der Waals surface area (Å²) >= 11 is 1.28. The minimum Gasteiger partial charge on any atom is -0.497 e. The Hall–Kier alpha value is -3.01. The summed E-state index contributed by atoms with van der Waals surface area (Å²) in [5.41, 5.74) is 1.56. The third-order valence-corrected chi connectivity index (χ3v) is 6.92. The van der Waals surface area contributed by atoms with Gasteiger partial charge in [-0.2, -0.15) is 18.2 Å². The third-order valence-electron chi connectivity index (χ3n) is 6.37. The molecular weight excluding hydrogens is 477 g/mol. The van der Waals surface area contributed by atoms with Crippen LogP contribution in [-0.4, -0.2) is 33.4 Å². The normalized spacial score (nSPS) is 17.7. The van der Waals surface area contributed by atoms with Gasteiger partial charge in [0.1, 0.15) is 11.6 Å². The molecule has 0 bridgehead atoms. The highest BCUT2D eigenvalue weighted by Crippen LogP contribution is 2.44. The van der Waals surface area contributed by atoms with Crippen molar-refractivity contribution in [3.63, 3.8) is 0 Å². The SMILES string of the molecule is COc1ccc(CNc2cc(C)c(C(F)(F)F)c(C3Cc4nc(SC)nc(O)c4CC3C)n2)cc1. The molecule has 10 heteroatoms. The summed E-state index contributed by atoms with van der Waals surface area (Å²) in [5.74, 6) is 0.312. The van der Waals surface area contributed by atoms with Crippen LogP contribution in [0.1, 0.15) is 46.5 Å². The zero-order valence-corrected chi connectivity index (χ0v) is 20.7. The molecule has 0 amide bonds. The molecule has 4 rings (SSSR count). The van der Waals surface area contributed by atoms with Crippen molar-refractivity contribution in [1.29, 1.82) is 0 Å². The van der Waals surface area contributed by atoms with Crippen LogP contribution in [0.25, 0.3) is 0 Å². The molecule has 0 radical (unpaired) electrons. The van der Waals surface area contributed by atoms with E-state index in [1.54, 1.807) is 13.4 Å². The van der Waals surface area contributed by atoms with Crippen molar-refractivity contribution in [1.82, 2.24) is 15.0 Å². The van der Waals surface area contributed by atoms with Gasteiger partial charge in [0.2, 0.25) is 5.88 Å². The number of benzene rings is 1. The first-order chi connectivity index (χ1) is 16.6. The van der Waals surface area contributed by atoms with Gasteiger partial charge >= 0.3 is 6.18 Å². The van der Waals surface area contributed by atoms with Gasteiger partial charge in [0.05, 0.1) is 24.1 Å². The maximum atomic E-state index is 14.2. The van der Waals surface area contributed by atoms with E-state index in [-0.39, 0.29) is 29.5 Å². The number of nitrogens with one attached hydrogen (secondary N) is 1. The summed E-state index contributed by atoms with van der Waals surface area (Å²) < 4.78 is 47.7. The predicted molar refractivity (Wildman–Crippen MR) is 129 cm³/mol. The number of anilines is 1. The van der Waals surface area contributed by atoms with E-state index in [1.165, 1.54) is 24.8 Å². The van der Waals surface area contributed by atoms with Crippen molar-refractivity contribution in [3.05, 3.63) is 64.0 Å². The summed E-state index contributed by atoms with van der Waals surface area (Å²) in [6.45, 7) is 3.75. The molecule has 2 N–H and O–H groups in total. The lowest BCUT2D eigenvalue weighted by Gasteiger charge is -2.32. The van der Waals surface area contributed by atoms with Gasteiger partial charge in [-0.25, -0.2) is 9.97 Å². The van der Waals surface area contributed by atoms with Crippen LogP contribution >= 0.6 is 11.8 Å². The molecule has 1 aliphatic rings. The van der Waals surface area contributed by atoms with E-state index in [0.717, 1.165) is 11.3 Å². The van der Waals surface area contributed by atoms with Gasteiger partial charge in [0.15, 0.2) is 5.16 Å². The first-order valence-corrected chi connectivity index (χ1v) is 12.4. The Morgan fingerprint density at radius 3 is 2.49 bits per heavy atom. The van der Waals surface area contributed by atoms with Crippen LogP contribution in [-0.2, 0) is 25.6 Å². The number of hydrogen-bond acceptors (Lipinski definition) is 7. The monoisotopic (exact) mass is 504 g/mol. The number of pyridine rings is 1. The number of nitrogens with zero attached hydrogens (tertiary/aromatic N) is 3. The molecule has 0 aliphatic heterocycles. The molecule has 2 unspecified atom stereocenters. The molecule has 0 fully saturated rings. The molecule has 6 nitrogen and oxygen atoms in total. The van der Waals surface area contributed by atoms with Crippen LogP contribution in [0.15, 0.2) is 35.5 Å². The molecule has 1 aliphatic carbocycles. The molecule has 1 aromatic carbocycles. The standard InChI is InChI=1S/C25H27F3N4O2S/c1-13-9-18-19(30-24(35-4)32-23(18)33)11-17(13)22-21(25(26,27)28)14(2)10-20(31-22)29-12-15-5-7-16(34-3)8-6-15/h5-8,10,13,17H,9,11-12H2,1-4H3,(H,29,31)(H,30,32,33). The van der Waals surface area contributed by atoms with E-state index in [1.807, 2.05) is 31.2 Å². The Kier molecular flexibility index (Phi) is 7.12. The average Bonchev–Trinajstić information content (AvgIpc) is 2.81. The lowest BCUT2D eigenvalue weighted by atomic mass is 9.75. The molecular formula is C25H27F3N4O2S. The van der Waals surface area contributed by atoms with Gasteiger partial charge in [0, 0.05) is 18.0 Å². The number of halogens is 3. The summed E-state index contributed by atoms with van der Waals surface area (Å²) in [6.07, 6.45) is -2.13. The number of hydrogen-bond donors (Lipinski definition) is 2. The number of aryl methyl sites for hydroxylation is 1. The van der Waals surface area contributed by atoms with Crippen molar-refractivity contribution in [2.75, 3.05) is 18.7 Å². The highest BCUT2D eigenvalue weighted by atomic mass is 32.2. The predicted octanol–water partition coefficient (Wildman–Crippen LogP) is 5.77. The maximum absolute atomic E-state index is 14.2. The Labute approximate surface area is 206 Å². The number of ether oxygens (including phenoxy) is 1. The van der Waals surface area contributed by atoms with Crippen molar-refractivity contribution in [2.24, 2.45) is 5.92 Å². The number of fused-ring (bicyclic) bond motifs is 1. The lowest BCUT2D eigenvalue weighted by molar-refractivity contribution is -0.139. The highest BCUT2D eigenvalue weighted by Gasteiger charge is 2.41. The third kappa shape index (κ3) is 5.32. The number of methoxy groups -OCH3 is 1. The van der Waals surface area contributed by atoms with E-state index in [4.69, 9.17) is 4.74 Å². The molecule has 35 heavy (non-hydrogen) atoms. The van der Waals surface area contributed by atoms with Crippen molar-refractivity contribution in [2.45, 2.75) is 50.5 Å². The van der Waals surface area contributed by atoms with Crippen LogP contribution in [0, 0.1) is 12.8 Å². The van der Waals surface area contributed by atoms with E-state index in [0.29, 0.717) is 35.2 Å². The second-order valence-electron chi connectivity index (χ2n) is 8.74. The summed E-state index contributed by atoms with van der Waals surface area (Å²) in [6, 6.07) is 8.88. The highest BCUT2D eigenvalue weighted by molar-refractivity contribution is 7.98. The van der Waals surface area contributed by atoms with Crippen molar-refractivity contribution >= 4 is 17.6 Å². The quantitative estimate of drug-likeness (QED) is 0.326. The number of aromatic hydroxyl groups is 1. The zero-order chi connectivity index (χ0) is 25.3. The van der Waals surface area contributed by atoms with E-state index < -0.39 is 17.7 Å². The van der Waals surface area contributed by atoms with E-state index in [9.17, 15) is 18.3 Å². The molecule has 186 valence electrons. The minimum absolute atomic E-state index is 0.0108. The Morgan fingerprint density at radius 2 is 1.86 bits per heavy atom. The summed E-state index contributed by atoms with van der Waals surface area (Å²) in [5, 5.41) is 13.9. The van der Waals surface area contributed by atoms with Crippen LogP contribution in [0.5, 0.6) is 11.6 Å². The zero-order valence-electron chi connectivity index (χ0n) is 19.9. The Morgan fingerprint density at radius 1 is 1.14 bits per heavy atom. The number of aromatic nitrogens is 3. The largest absolute Gasteiger partial charge is 0.497 e. The molecule has 0 saturated heterocycles. The van der Waals surface area contributed by atoms with Gasteiger partial charge < -0.3 is 15.2 Å². The smallest absolute Gasteiger partial charge is 0.418 e.